The summed E-state index contributed by atoms with van der Waals surface area (Å²) in [5.41, 5.74) is 0.719. The van der Waals surface area contributed by atoms with Gasteiger partial charge in [0.15, 0.2) is 9.84 Å². The van der Waals surface area contributed by atoms with Gasteiger partial charge in [-0.25, -0.2) is 18.1 Å². The molecule has 0 bridgehead atoms. The molecule has 0 radical (unpaired) electrons. The van der Waals surface area contributed by atoms with Crippen LogP contribution >= 0.6 is 11.6 Å². The van der Waals surface area contributed by atoms with Crippen LogP contribution in [0.1, 0.15) is 31.0 Å². The normalized spacial score (nSPS) is 21.1. The number of nitrogens with one attached hydrogen (secondary N) is 2. The van der Waals surface area contributed by atoms with Crippen molar-refractivity contribution in [2.45, 2.75) is 32.2 Å². The molecule has 2 aliphatic heterocycles. The first kappa shape index (κ1) is 23.7. The number of aromatic nitrogens is 3. The predicted octanol–water partition coefficient (Wildman–Crippen LogP) is 1.89. The van der Waals surface area contributed by atoms with Crippen LogP contribution in [-0.4, -0.2) is 71.0 Å². The summed E-state index contributed by atoms with van der Waals surface area (Å²) in [6.45, 7) is 3.25. The Kier molecular flexibility index (Phi) is 7.01. The molecule has 33 heavy (non-hydrogen) atoms. The van der Waals surface area contributed by atoms with Crippen LogP contribution < -0.4 is 10.6 Å². The fourth-order valence-electron chi connectivity index (χ4n) is 4.27. The fraction of sp³-hybridized carbons (Fsp3) is 0.524. The molecule has 2 aromatic heterocycles. The zero-order chi connectivity index (χ0) is 23.6. The standard InChI is InChI=1S/C21H27ClN6O4S/c1-14-10-19(28(26-14)17-6-9-33(31,32)13-17)25-20(29)12-27-7-4-15(5-8-27)21(30)24-18-3-2-16(22)11-23-18/h2-3,10-11,15,17H,4-9,12-13H2,1H3,(H,25,29)(H,23,24,30). The van der Waals surface area contributed by atoms with Gasteiger partial charge in [-0.1, -0.05) is 11.6 Å². The second-order valence-corrected chi connectivity index (χ2v) is 11.3. The summed E-state index contributed by atoms with van der Waals surface area (Å²) in [7, 11) is -3.06. The van der Waals surface area contributed by atoms with Crippen LogP contribution in [0.2, 0.25) is 5.02 Å². The Morgan fingerprint density at radius 2 is 1.94 bits per heavy atom. The molecule has 4 heterocycles. The van der Waals surface area contributed by atoms with Gasteiger partial charge in [0.2, 0.25) is 11.8 Å². The van der Waals surface area contributed by atoms with E-state index in [4.69, 9.17) is 11.6 Å². The number of carbonyl (C=O) groups is 2. The molecular weight excluding hydrogens is 468 g/mol. The van der Waals surface area contributed by atoms with Gasteiger partial charge in [0, 0.05) is 18.2 Å². The van der Waals surface area contributed by atoms with Crippen LogP contribution in [0.5, 0.6) is 0 Å². The number of aryl methyl sites for hydroxylation is 1. The Bertz CT molecular complexity index is 1130. The fourth-order valence-corrected chi connectivity index (χ4v) is 6.08. The zero-order valence-corrected chi connectivity index (χ0v) is 19.9. The summed E-state index contributed by atoms with van der Waals surface area (Å²) in [4.78, 5) is 31.2. The molecule has 10 nitrogen and oxygen atoms in total. The lowest BCUT2D eigenvalue weighted by Crippen LogP contribution is -2.42. The van der Waals surface area contributed by atoms with Gasteiger partial charge in [0.1, 0.15) is 11.6 Å². The van der Waals surface area contributed by atoms with Crippen LogP contribution in [0.25, 0.3) is 0 Å². The van der Waals surface area contributed by atoms with Crippen molar-refractivity contribution < 1.29 is 18.0 Å². The number of hydrogen-bond acceptors (Lipinski definition) is 7. The molecule has 178 valence electrons. The number of hydrogen-bond donors (Lipinski definition) is 2. The average Bonchev–Trinajstić information content (AvgIpc) is 3.31. The van der Waals surface area contributed by atoms with Crippen LogP contribution in [-0.2, 0) is 19.4 Å². The summed E-state index contributed by atoms with van der Waals surface area (Å²) in [5, 5.41) is 10.6. The van der Waals surface area contributed by atoms with Crippen molar-refractivity contribution in [3.05, 3.63) is 35.1 Å². The lowest BCUT2D eigenvalue weighted by Gasteiger charge is -2.30. The first-order valence-corrected chi connectivity index (χ1v) is 13.1. The van der Waals surface area contributed by atoms with Gasteiger partial charge in [-0.15, -0.1) is 0 Å². The average molecular weight is 495 g/mol. The Hall–Kier alpha value is -2.50. The highest BCUT2D eigenvalue weighted by molar-refractivity contribution is 7.91. The van der Waals surface area contributed by atoms with Crippen molar-refractivity contribution >= 4 is 44.9 Å². The van der Waals surface area contributed by atoms with Crippen LogP contribution in [0, 0.1) is 12.8 Å². The van der Waals surface area contributed by atoms with E-state index in [1.54, 1.807) is 22.9 Å². The Morgan fingerprint density at radius 3 is 2.58 bits per heavy atom. The van der Waals surface area contributed by atoms with E-state index in [1.165, 1.54) is 6.20 Å². The quantitative estimate of drug-likeness (QED) is 0.627. The van der Waals surface area contributed by atoms with E-state index in [9.17, 15) is 18.0 Å². The minimum Gasteiger partial charge on any atom is -0.310 e. The van der Waals surface area contributed by atoms with Gasteiger partial charge in [-0.05, 0) is 51.4 Å². The lowest BCUT2D eigenvalue weighted by molar-refractivity contribution is -0.121. The van der Waals surface area contributed by atoms with Gasteiger partial charge in [0.05, 0.1) is 34.8 Å². The monoisotopic (exact) mass is 494 g/mol. The van der Waals surface area contributed by atoms with Gasteiger partial charge >= 0.3 is 0 Å². The molecule has 2 amide bonds. The largest absolute Gasteiger partial charge is 0.310 e. The third-order valence-corrected chi connectivity index (χ3v) is 7.96. The van der Waals surface area contributed by atoms with E-state index in [0.29, 0.717) is 49.0 Å². The lowest BCUT2D eigenvalue weighted by atomic mass is 9.96. The highest BCUT2D eigenvalue weighted by atomic mass is 35.5. The Morgan fingerprint density at radius 1 is 1.18 bits per heavy atom. The summed E-state index contributed by atoms with van der Waals surface area (Å²) >= 11 is 5.82. The number of carbonyl (C=O) groups excluding carboxylic acids is 2. The summed E-state index contributed by atoms with van der Waals surface area (Å²) in [6.07, 6.45) is 3.26. The van der Waals surface area contributed by atoms with E-state index >= 15 is 0 Å². The third-order valence-electron chi connectivity index (χ3n) is 5.98. The molecule has 1 atom stereocenters. The Balaban J connectivity index is 1.27. The van der Waals surface area contributed by atoms with E-state index in [0.717, 1.165) is 5.69 Å². The molecule has 4 rings (SSSR count). The molecule has 2 aliphatic rings. The summed E-state index contributed by atoms with van der Waals surface area (Å²) in [5.74, 6) is 0.747. The molecule has 2 N–H and O–H groups in total. The van der Waals surface area contributed by atoms with Crippen molar-refractivity contribution in [2.75, 3.05) is 41.8 Å². The number of amides is 2. The number of piperidine rings is 1. The van der Waals surface area contributed by atoms with Crippen LogP contribution in [0.4, 0.5) is 11.6 Å². The molecule has 2 aromatic rings. The van der Waals surface area contributed by atoms with E-state index in [1.807, 2.05) is 11.8 Å². The van der Waals surface area contributed by atoms with Gasteiger partial charge in [0.25, 0.3) is 0 Å². The number of halogens is 1. The summed E-state index contributed by atoms with van der Waals surface area (Å²) in [6, 6.07) is 4.82. The number of sulfone groups is 1. The topological polar surface area (TPSA) is 126 Å². The predicted molar refractivity (Wildman–Crippen MR) is 125 cm³/mol. The zero-order valence-electron chi connectivity index (χ0n) is 18.3. The number of anilines is 2. The van der Waals surface area contributed by atoms with Gasteiger partial charge < -0.3 is 10.6 Å². The highest BCUT2D eigenvalue weighted by Crippen LogP contribution is 2.27. The molecule has 12 heteroatoms. The minimum atomic E-state index is -3.06. The second-order valence-electron chi connectivity index (χ2n) is 8.62. The molecule has 0 saturated carbocycles. The second kappa shape index (κ2) is 9.78. The molecule has 1 unspecified atom stereocenters. The smallest absolute Gasteiger partial charge is 0.239 e. The van der Waals surface area contributed by atoms with Crippen molar-refractivity contribution in [3.63, 3.8) is 0 Å². The maximum atomic E-state index is 12.7. The van der Waals surface area contributed by atoms with Gasteiger partial charge in [-0.3, -0.25) is 14.5 Å². The van der Waals surface area contributed by atoms with Crippen molar-refractivity contribution in [1.29, 1.82) is 0 Å². The van der Waals surface area contributed by atoms with Crippen LogP contribution in [0.15, 0.2) is 24.4 Å². The summed E-state index contributed by atoms with van der Waals surface area (Å²) < 4.78 is 25.3. The first-order valence-electron chi connectivity index (χ1n) is 10.9. The van der Waals surface area contributed by atoms with Crippen molar-refractivity contribution in [1.82, 2.24) is 19.7 Å². The van der Waals surface area contributed by atoms with E-state index < -0.39 is 9.84 Å². The molecule has 0 spiro atoms. The van der Waals surface area contributed by atoms with Gasteiger partial charge in [-0.2, -0.15) is 5.10 Å². The molecular formula is C21H27ClN6O4S. The van der Waals surface area contributed by atoms with Crippen molar-refractivity contribution in [2.24, 2.45) is 5.92 Å². The number of likely N-dealkylation sites (tertiary alicyclic amines) is 1. The maximum Gasteiger partial charge on any atom is 0.239 e. The van der Waals surface area contributed by atoms with Crippen LogP contribution in [0.3, 0.4) is 0 Å². The number of nitrogens with zero attached hydrogens (tertiary/aromatic N) is 4. The number of rotatable bonds is 6. The molecule has 0 aromatic carbocycles. The molecule has 2 fully saturated rings. The Labute approximate surface area is 197 Å². The van der Waals surface area contributed by atoms with Crippen molar-refractivity contribution in [3.8, 4) is 0 Å². The van der Waals surface area contributed by atoms with E-state index in [-0.39, 0.29) is 41.8 Å². The maximum absolute atomic E-state index is 12.7. The number of pyridine rings is 1. The molecule has 2 saturated heterocycles. The first-order chi connectivity index (χ1) is 15.7. The highest BCUT2D eigenvalue weighted by Gasteiger charge is 2.32. The SMILES string of the molecule is Cc1cc(NC(=O)CN2CCC(C(=O)Nc3ccc(Cl)cn3)CC2)n(C2CCS(=O)(=O)C2)n1. The minimum absolute atomic E-state index is 0.0398. The third kappa shape index (κ3) is 6.10. The molecule has 0 aliphatic carbocycles. The van der Waals surface area contributed by atoms with E-state index in [2.05, 4.69) is 20.7 Å².